The van der Waals surface area contributed by atoms with Crippen molar-refractivity contribution < 1.29 is 23.8 Å². The van der Waals surface area contributed by atoms with Crippen LogP contribution in [0.4, 0.5) is 9.18 Å². The standard InChI is InChI=1S/C17H15BrClFN4O4/c1-28-16(25)13-8-6(4-23(13)17(26)27)7(8)11-9-12(24(22-11)5-2-3-5)10(20)15(19)21-14(9)18/h5-8,13H,2-4H2,1H3,(H,26,27)/t6-,7-,8-,13+/m1/s1. The third-order valence-corrected chi connectivity index (χ3v) is 6.79. The van der Waals surface area contributed by atoms with E-state index in [4.69, 9.17) is 16.3 Å². The van der Waals surface area contributed by atoms with E-state index in [0.29, 0.717) is 21.2 Å². The van der Waals surface area contributed by atoms with Crippen LogP contribution in [0.3, 0.4) is 0 Å². The van der Waals surface area contributed by atoms with E-state index in [-0.39, 0.29) is 35.5 Å². The normalized spacial score (nSPS) is 28.5. The summed E-state index contributed by atoms with van der Waals surface area (Å²) in [5, 5.41) is 14.4. The highest BCUT2D eigenvalue weighted by Gasteiger charge is 2.67. The molecule has 8 nitrogen and oxygen atoms in total. The fourth-order valence-electron chi connectivity index (χ4n) is 4.57. The van der Waals surface area contributed by atoms with Crippen LogP contribution in [-0.4, -0.2) is 56.5 Å². The van der Waals surface area contributed by atoms with Crippen LogP contribution < -0.4 is 0 Å². The molecule has 4 atom stereocenters. The Morgan fingerprint density at radius 1 is 1.39 bits per heavy atom. The number of amides is 1. The summed E-state index contributed by atoms with van der Waals surface area (Å²) in [6.45, 7) is 0.212. The van der Waals surface area contributed by atoms with Crippen LogP contribution in [0.15, 0.2) is 4.60 Å². The first-order valence-electron chi connectivity index (χ1n) is 8.85. The lowest BCUT2D eigenvalue weighted by Crippen LogP contribution is -2.44. The van der Waals surface area contributed by atoms with Gasteiger partial charge in [-0.25, -0.2) is 19.0 Å². The highest BCUT2D eigenvalue weighted by atomic mass is 79.9. The molecule has 2 aromatic rings. The molecule has 1 saturated heterocycles. The number of fused-ring (bicyclic) bond motifs is 2. The molecule has 0 radical (unpaired) electrons. The van der Waals surface area contributed by atoms with Gasteiger partial charge in [0, 0.05) is 18.4 Å². The van der Waals surface area contributed by atoms with Gasteiger partial charge in [0.05, 0.1) is 24.2 Å². The summed E-state index contributed by atoms with van der Waals surface area (Å²) in [7, 11) is 1.24. The summed E-state index contributed by atoms with van der Waals surface area (Å²) in [5.74, 6) is -1.69. The molecule has 3 aliphatic rings. The maximum Gasteiger partial charge on any atom is 0.408 e. The van der Waals surface area contributed by atoms with E-state index in [1.54, 1.807) is 4.68 Å². The van der Waals surface area contributed by atoms with E-state index in [9.17, 15) is 19.1 Å². The van der Waals surface area contributed by atoms with E-state index in [1.165, 1.54) is 7.11 Å². The number of aromatic nitrogens is 3. The molecule has 1 aliphatic heterocycles. The number of pyridine rings is 1. The van der Waals surface area contributed by atoms with Crippen molar-refractivity contribution in [2.24, 2.45) is 11.8 Å². The van der Waals surface area contributed by atoms with Crippen molar-refractivity contribution in [1.82, 2.24) is 19.7 Å². The number of ether oxygens (including phenoxy) is 1. The van der Waals surface area contributed by atoms with Crippen molar-refractivity contribution in [3.63, 3.8) is 0 Å². The zero-order chi connectivity index (χ0) is 19.9. The molecule has 0 bridgehead atoms. The average molecular weight is 474 g/mol. The molecule has 0 unspecified atom stereocenters. The molecule has 0 aromatic carbocycles. The average Bonchev–Trinajstić information content (AvgIpc) is 3.55. The fourth-order valence-corrected chi connectivity index (χ4v) is 5.42. The lowest BCUT2D eigenvalue weighted by atomic mass is 10.1. The van der Waals surface area contributed by atoms with Gasteiger partial charge in [-0.05, 0) is 34.7 Å². The second kappa shape index (κ2) is 6.03. The maximum atomic E-state index is 14.8. The van der Waals surface area contributed by atoms with Crippen LogP contribution in [0.2, 0.25) is 5.15 Å². The lowest BCUT2D eigenvalue weighted by Gasteiger charge is -2.23. The van der Waals surface area contributed by atoms with Crippen molar-refractivity contribution in [2.45, 2.75) is 30.8 Å². The monoisotopic (exact) mass is 472 g/mol. The first kappa shape index (κ1) is 18.1. The first-order chi connectivity index (χ1) is 13.3. The predicted octanol–water partition coefficient (Wildman–Crippen LogP) is 3.19. The van der Waals surface area contributed by atoms with Crippen molar-refractivity contribution in [1.29, 1.82) is 0 Å². The third-order valence-electron chi connectivity index (χ3n) is 5.96. The van der Waals surface area contributed by atoms with Gasteiger partial charge in [-0.1, -0.05) is 11.6 Å². The number of carboxylic acid groups (broad SMARTS) is 1. The molecule has 11 heteroatoms. The number of carbonyl (C=O) groups excluding carboxylic acids is 1. The number of nitrogens with zero attached hydrogens (tertiary/aromatic N) is 4. The van der Waals surface area contributed by atoms with Gasteiger partial charge in [-0.3, -0.25) is 9.58 Å². The molecule has 1 N–H and O–H groups in total. The van der Waals surface area contributed by atoms with Crippen LogP contribution in [0.5, 0.6) is 0 Å². The van der Waals surface area contributed by atoms with Crippen LogP contribution in [0.1, 0.15) is 30.5 Å². The smallest absolute Gasteiger partial charge is 0.408 e. The van der Waals surface area contributed by atoms with Gasteiger partial charge < -0.3 is 9.84 Å². The van der Waals surface area contributed by atoms with Gasteiger partial charge in [0.25, 0.3) is 0 Å². The highest BCUT2D eigenvalue weighted by molar-refractivity contribution is 9.10. The Hall–Kier alpha value is -1.94. The number of hydrogen-bond donors (Lipinski definition) is 1. The van der Waals surface area contributed by atoms with Crippen molar-refractivity contribution >= 4 is 50.5 Å². The summed E-state index contributed by atoms with van der Waals surface area (Å²) >= 11 is 9.31. The Morgan fingerprint density at radius 2 is 2.11 bits per heavy atom. The zero-order valence-electron chi connectivity index (χ0n) is 14.6. The number of methoxy groups -OCH3 is 1. The van der Waals surface area contributed by atoms with Gasteiger partial charge in [0.15, 0.2) is 11.0 Å². The molecule has 2 aliphatic carbocycles. The Labute approximate surface area is 171 Å². The van der Waals surface area contributed by atoms with Crippen molar-refractivity contribution in [3.05, 3.63) is 21.3 Å². The quantitative estimate of drug-likeness (QED) is 0.543. The van der Waals surface area contributed by atoms with E-state index in [1.807, 2.05) is 0 Å². The van der Waals surface area contributed by atoms with Gasteiger partial charge in [-0.2, -0.15) is 5.10 Å². The minimum Gasteiger partial charge on any atom is -0.467 e. The molecule has 2 aromatic heterocycles. The van der Waals surface area contributed by atoms with Gasteiger partial charge in [0.2, 0.25) is 0 Å². The number of halogens is 3. The zero-order valence-corrected chi connectivity index (χ0v) is 16.9. The lowest BCUT2D eigenvalue weighted by molar-refractivity contribution is -0.146. The van der Waals surface area contributed by atoms with Gasteiger partial charge in [0.1, 0.15) is 16.2 Å². The van der Waals surface area contributed by atoms with Gasteiger partial charge >= 0.3 is 12.1 Å². The molecule has 148 valence electrons. The molecule has 3 heterocycles. The second-order valence-corrected chi connectivity index (χ2v) is 8.57. The van der Waals surface area contributed by atoms with Crippen LogP contribution in [-0.2, 0) is 9.53 Å². The Balaban J connectivity index is 1.61. The maximum absolute atomic E-state index is 14.8. The summed E-state index contributed by atoms with van der Waals surface area (Å²) in [6.07, 6.45) is 0.653. The number of likely N-dealkylation sites (tertiary alicyclic amines) is 1. The Morgan fingerprint density at radius 3 is 2.71 bits per heavy atom. The van der Waals surface area contributed by atoms with Crippen LogP contribution in [0.25, 0.3) is 10.9 Å². The minimum atomic E-state index is -1.16. The highest BCUT2D eigenvalue weighted by Crippen LogP contribution is 2.62. The SMILES string of the molecule is COC(=O)[C@@H]1[C@@H]2[C@H](CN1C(=O)O)[C@H]2c1nn(C2CC2)c2c(F)c(Cl)nc(Br)c12. The van der Waals surface area contributed by atoms with Crippen molar-refractivity contribution in [2.75, 3.05) is 13.7 Å². The Bertz CT molecular complexity index is 1040. The van der Waals surface area contributed by atoms with Gasteiger partial charge in [-0.15, -0.1) is 0 Å². The summed E-state index contributed by atoms with van der Waals surface area (Å²) in [6, 6.07) is -0.774. The van der Waals surface area contributed by atoms with E-state index < -0.39 is 23.9 Å². The summed E-state index contributed by atoms with van der Waals surface area (Å²) in [4.78, 5) is 28.9. The molecular weight excluding hydrogens is 459 g/mol. The number of esters is 1. The van der Waals surface area contributed by atoms with Crippen LogP contribution >= 0.6 is 27.5 Å². The Kier molecular flexibility index (Phi) is 3.90. The molecule has 3 fully saturated rings. The minimum absolute atomic E-state index is 0.0726. The van der Waals surface area contributed by atoms with Crippen molar-refractivity contribution in [3.8, 4) is 0 Å². The molecule has 2 saturated carbocycles. The number of hydrogen-bond acceptors (Lipinski definition) is 5. The fraction of sp³-hybridized carbons (Fsp3) is 0.529. The molecule has 28 heavy (non-hydrogen) atoms. The second-order valence-electron chi connectivity index (χ2n) is 7.46. The number of rotatable bonds is 3. The number of carbonyl (C=O) groups is 2. The molecule has 1 amide bonds. The van der Waals surface area contributed by atoms with E-state index in [2.05, 4.69) is 26.0 Å². The predicted molar refractivity (Wildman–Crippen MR) is 98.7 cm³/mol. The van der Waals surface area contributed by atoms with E-state index >= 15 is 0 Å². The molecule has 5 rings (SSSR count). The molecule has 0 spiro atoms. The third kappa shape index (κ3) is 2.40. The largest absolute Gasteiger partial charge is 0.467 e. The van der Waals surface area contributed by atoms with Crippen LogP contribution in [0, 0.1) is 17.7 Å². The summed E-state index contributed by atoms with van der Waals surface area (Å²) < 4.78 is 21.7. The topological polar surface area (TPSA) is 97.5 Å². The first-order valence-corrected chi connectivity index (χ1v) is 10.0. The number of piperidine rings is 1. The van der Waals surface area contributed by atoms with E-state index in [0.717, 1.165) is 17.7 Å². The summed E-state index contributed by atoms with van der Waals surface area (Å²) in [5.41, 5.74) is 0.935. The molecular formula is C17H15BrClFN4O4.